The number of nitriles is 2. The van der Waals surface area contributed by atoms with E-state index in [9.17, 15) is 9.59 Å². The van der Waals surface area contributed by atoms with Crippen LogP contribution in [0.2, 0.25) is 0 Å². The highest BCUT2D eigenvalue weighted by molar-refractivity contribution is 5.69. The van der Waals surface area contributed by atoms with Crippen molar-refractivity contribution in [2.24, 2.45) is 5.41 Å². The van der Waals surface area contributed by atoms with Gasteiger partial charge in [0.15, 0.2) is 0 Å². The number of nitrogens with zero attached hydrogens (tertiary/aromatic N) is 2. The molecule has 0 spiro atoms. The van der Waals surface area contributed by atoms with Gasteiger partial charge in [0.05, 0.1) is 25.4 Å². The Morgan fingerprint density at radius 1 is 0.947 bits per heavy atom. The van der Waals surface area contributed by atoms with Crippen molar-refractivity contribution in [2.45, 2.75) is 26.7 Å². The fraction of sp³-hybridized carbons (Fsp3) is 0.636. The number of hydrogen-bond donors (Lipinski definition) is 4. The Balaban J connectivity index is -0.000000203. The van der Waals surface area contributed by atoms with E-state index in [2.05, 4.69) is 0 Å². The van der Waals surface area contributed by atoms with Gasteiger partial charge in [-0.1, -0.05) is 13.8 Å². The Morgan fingerprint density at radius 3 is 1.21 bits per heavy atom. The molecule has 0 heterocycles. The monoisotopic (exact) mass is 274 g/mol. The van der Waals surface area contributed by atoms with E-state index in [0.717, 1.165) is 0 Å². The molecule has 0 aromatic rings. The second-order valence-corrected chi connectivity index (χ2v) is 3.94. The second-order valence-electron chi connectivity index (χ2n) is 3.94. The summed E-state index contributed by atoms with van der Waals surface area (Å²) in [5.41, 5.74) is -0.306. The molecule has 108 valence electrons. The summed E-state index contributed by atoms with van der Waals surface area (Å²) < 4.78 is 0. The lowest BCUT2D eigenvalue weighted by Crippen LogP contribution is -2.20. The summed E-state index contributed by atoms with van der Waals surface area (Å²) in [5.74, 6) is -2.14. The molecule has 0 aromatic heterocycles. The normalized spacial score (nSPS) is 8.53. The number of hydrogen-bond acceptors (Lipinski definition) is 6. The largest absolute Gasteiger partial charge is 0.480 e. The van der Waals surface area contributed by atoms with Gasteiger partial charge in [0.25, 0.3) is 0 Å². The lowest BCUT2D eigenvalue weighted by molar-refractivity contribution is -0.136. The number of rotatable bonds is 4. The van der Waals surface area contributed by atoms with Crippen LogP contribution in [0.3, 0.4) is 0 Å². The van der Waals surface area contributed by atoms with Gasteiger partial charge in [0, 0.05) is 5.41 Å². The quantitative estimate of drug-likeness (QED) is 0.555. The van der Waals surface area contributed by atoms with E-state index in [1.165, 1.54) is 12.1 Å². The first-order valence-electron chi connectivity index (χ1n) is 5.06. The highest BCUT2D eigenvalue weighted by Crippen LogP contribution is 2.10. The van der Waals surface area contributed by atoms with Crippen molar-refractivity contribution in [2.75, 3.05) is 13.2 Å². The summed E-state index contributed by atoms with van der Waals surface area (Å²) >= 11 is 0. The van der Waals surface area contributed by atoms with Gasteiger partial charge in [-0.25, -0.2) is 0 Å². The van der Waals surface area contributed by atoms with Crippen LogP contribution >= 0.6 is 0 Å². The predicted molar refractivity (Wildman–Crippen MR) is 63.7 cm³/mol. The number of aliphatic hydroxyl groups is 2. The smallest absolute Gasteiger partial charge is 0.317 e. The van der Waals surface area contributed by atoms with E-state index < -0.39 is 24.8 Å². The average Bonchev–Trinajstić information content (AvgIpc) is 2.30. The lowest BCUT2D eigenvalue weighted by atomic mass is 9.97. The van der Waals surface area contributed by atoms with Gasteiger partial charge in [-0.2, -0.15) is 10.5 Å². The van der Waals surface area contributed by atoms with Gasteiger partial charge in [0.1, 0.15) is 12.8 Å². The Labute approximate surface area is 111 Å². The van der Waals surface area contributed by atoms with E-state index in [0.29, 0.717) is 0 Å². The van der Waals surface area contributed by atoms with Crippen molar-refractivity contribution in [1.82, 2.24) is 0 Å². The maximum Gasteiger partial charge on any atom is 0.317 e. The average molecular weight is 274 g/mol. The summed E-state index contributed by atoms with van der Waals surface area (Å²) in [6, 6.07) is 2.94. The number of carbonyl (C=O) groups is 2. The topological polar surface area (TPSA) is 163 Å². The summed E-state index contributed by atoms with van der Waals surface area (Å²) in [6.07, 6.45) is -0.806. The first-order chi connectivity index (χ1) is 8.66. The molecular weight excluding hydrogens is 256 g/mol. The van der Waals surface area contributed by atoms with Gasteiger partial charge < -0.3 is 20.4 Å². The SMILES string of the molecule is CC(C)(CO)CO.N#CCC(=O)O.N#CCC(=O)O. The second kappa shape index (κ2) is 13.9. The molecule has 0 aromatic carbocycles. The van der Waals surface area contributed by atoms with Crippen molar-refractivity contribution in [3.05, 3.63) is 0 Å². The summed E-state index contributed by atoms with van der Waals surface area (Å²) in [4.78, 5) is 18.8. The zero-order valence-electron chi connectivity index (χ0n) is 10.8. The molecule has 0 saturated carbocycles. The van der Waals surface area contributed by atoms with Gasteiger partial charge >= 0.3 is 11.9 Å². The third-order valence-corrected chi connectivity index (χ3v) is 1.32. The van der Waals surface area contributed by atoms with Crippen molar-refractivity contribution >= 4 is 11.9 Å². The van der Waals surface area contributed by atoms with E-state index >= 15 is 0 Å². The van der Waals surface area contributed by atoms with Crippen LogP contribution in [0.5, 0.6) is 0 Å². The molecular formula is C11H18N2O6. The molecule has 0 rings (SSSR count). The minimum atomic E-state index is -1.07. The molecule has 19 heavy (non-hydrogen) atoms. The van der Waals surface area contributed by atoms with E-state index in [4.69, 9.17) is 30.9 Å². The molecule has 0 saturated heterocycles. The highest BCUT2D eigenvalue weighted by Gasteiger charge is 2.13. The zero-order valence-corrected chi connectivity index (χ0v) is 10.8. The molecule has 0 amide bonds. The summed E-state index contributed by atoms with van der Waals surface area (Å²) in [6.45, 7) is 3.69. The molecule has 0 radical (unpaired) electrons. The minimum Gasteiger partial charge on any atom is -0.480 e. The number of carboxylic acids is 2. The molecule has 8 nitrogen and oxygen atoms in total. The van der Waals surface area contributed by atoms with Crippen molar-refractivity contribution < 1.29 is 30.0 Å². The third kappa shape index (κ3) is 31.3. The Morgan fingerprint density at radius 2 is 1.21 bits per heavy atom. The van der Waals surface area contributed by atoms with Crippen LogP contribution < -0.4 is 0 Å². The highest BCUT2D eigenvalue weighted by atomic mass is 16.4. The van der Waals surface area contributed by atoms with Gasteiger partial charge in [-0.05, 0) is 0 Å². The number of carboxylic acid groups (broad SMARTS) is 2. The number of aliphatic hydroxyl groups excluding tert-OH is 2. The van der Waals surface area contributed by atoms with Crippen LogP contribution in [0.25, 0.3) is 0 Å². The predicted octanol–water partition coefficient (Wildman–Crippen LogP) is -0.0334. The van der Waals surface area contributed by atoms with Gasteiger partial charge in [0.2, 0.25) is 0 Å². The van der Waals surface area contributed by atoms with Gasteiger partial charge in [-0.3, -0.25) is 9.59 Å². The third-order valence-electron chi connectivity index (χ3n) is 1.32. The van der Waals surface area contributed by atoms with Crippen molar-refractivity contribution in [3.63, 3.8) is 0 Å². The lowest BCUT2D eigenvalue weighted by Gasteiger charge is -2.16. The zero-order chi connectivity index (χ0) is 15.9. The van der Waals surface area contributed by atoms with Crippen LogP contribution in [0, 0.1) is 28.1 Å². The molecule has 0 fully saturated rings. The van der Waals surface area contributed by atoms with Crippen LogP contribution in [-0.4, -0.2) is 45.6 Å². The fourth-order valence-corrected chi connectivity index (χ4v) is 0.185. The molecule has 0 atom stereocenters. The Hall–Kier alpha value is -2.16. The van der Waals surface area contributed by atoms with E-state index in [1.54, 1.807) is 13.8 Å². The summed E-state index contributed by atoms with van der Waals surface area (Å²) in [7, 11) is 0. The van der Waals surface area contributed by atoms with Crippen LogP contribution in [-0.2, 0) is 9.59 Å². The first kappa shape index (κ1) is 22.1. The van der Waals surface area contributed by atoms with Crippen LogP contribution in [0.1, 0.15) is 26.7 Å². The molecule has 0 aliphatic heterocycles. The Kier molecular flexibility index (Phi) is 16.1. The molecule has 0 aliphatic rings. The first-order valence-corrected chi connectivity index (χ1v) is 5.06. The molecule has 8 heteroatoms. The minimum absolute atomic E-state index is 0.0451. The van der Waals surface area contributed by atoms with Gasteiger partial charge in [-0.15, -0.1) is 0 Å². The van der Waals surface area contributed by atoms with E-state index in [-0.39, 0.29) is 18.6 Å². The molecule has 0 unspecified atom stereocenters. The summed E-state index contributed by atoms with van der Waals surface area (Å²) in [5, 5.41) is 47.5. The number of aliphatic carboxylic acids is 2. The molecule has 0 aliphatic carbocycles. The van der Waals surface area contributed by atoms with Crippen molar-refractivity contribution in [3.8, 4) is 12.1 Å². The maximum atomic E-state index is 9.38. The molecule has 4 N–H and O–H groups in total. The fourth-order valence-electron chi connectivity index (χ4n) is 0.185. The standard InChI is InChI=1S/C5H12O2.2C3H3NO2/c1-5(2,3-6)4-7;2*4-2-1-3(5)6/h6-7H,3-4H2,1-2H3;2*1H2,(H,5,6). The van der Waals surface area contributed by atoms with Crippen LogP contribution in [0.4, 0.5) is 0 Å². The van der Waals surface area contributed by atoms with Crippen molar-refractivity contribution in [1.29, 1.82) is 10.5 Å². The van der Waals surface area contributed by atoms with Crippen LogP contribution in [0.15, 0.2) is 0 Å². The van der Waals surface area contributed by atoms with E-state index in [1.807, 2.05) is 0 Å². The molecule has 0 bridgehead atoms. The maximum absolute atomic E-state index is 9.38. The Bertz CT molecular complexity index is 308.